The van der Waals surface area contributed by atoms with Gasteiger partial charge in [0.2, 0.25) is 11.5 Å². The van der Waals surface area contributed by atoms with Crippen LogP contribution in [0, 0.1) is 6.92 Å². The largest absolute Gasteiger partial charge is 0.543 e. The molecule has 1 saturated heterocycles. The van der Waals surface area contributed by atoms with Crippen LogP contribution < -0.4 is 20.7 Å². The van der Waals surface area contributed by atoms with Crippen molar-refractivity contribution in [3.63, 3.8) is 0 Å². The Morgan fingerprint density at radius 3 is 2.76 bits per heavy atom. The van der Waals surface area contributed by atoms with Crippen LogP contribution in [-0.4, -0.2) is 62.0 Å². The molecule has 0 spiro atoms. The Labute approximate surface area is 196 Å². The monoisotopic (exact) mass is 489 g/mol. The maximum absolute atomic E-state index is 12.9. The number of rotatable bonds is 7. The number of carboxylic acid groups (broad SMARTS) is 1. The number of carbonyl (C=O) groups is 3. The molecule has 0 saturated carbocycles. The predicted molar refractivity (Wildman–Crippen MR) is 116 cm³/mol. The first kappa shape index (κ1) is 22.7. The fourth-order valence-corrected chi connectivity index (χ4v) is 5.24. The number of hydrogen-bond donors (Lipinski definition) is 2. The third-order valence-electron chi connectivity index (χ3n) is 5.01. The lowest BCUT2D eigenvalue weighted by Crippen LogP contribution is -2.71. The van der Waals surface area contributed by atoms with Gasteiger partial charge in [-0.3, -0.25) is 14.5 Å². The van der Waals surface area contributed by atoms with Crippen molar-refractivity contribution >= 4 is 51.9 Å². The second-order valence-corrected chi connectivity index (χ2v) is 9.12. The number of aryl methyl sites for hydroxylation is 1. The van der Waals surface area contributed by atoms with Gasteiger partial charge in [-0.05, 0) is 12.5 Å². The Hall–Kier alpha value is -3.52. The summed E-state index contributed by atoms with van der Waals surface area (Å²) in [6.45, 7) is 2.25. The lowest BCUT2D eigenvalue weighted by atomic mass is 10.0. The summed E-state index contributed by atoms with van der Waals surface area (Å²) < 4.78 is 5.76. The summed E-state index contributed by atoms with van der Waals surface area (Å²) in [5.41, 5.74) is 6.77. The molecule has 1 fully saturated rings. The number of nitrogens with zero attached hydrogens (tertiary/aromatic N) is 5. The van der Waals surface area contributed by atoms with Crippen molar-refractivity contribution in [2.75, 3.05) is 18.6 Å². The lowest BCUT2D eigenvalue weighted by molar-refractivity contribution is -0.689. The van der Waals surface area contributed by atoms with Gasteiger partial charge in [0.15, 0.2) is 24.1 Å². The molecule has 3 N–H and O–H groups in total. The SMILES string of the molecule is CON=C(C(=O)NC1C(=O)N2C(C(=O)[O-])=C(C[n+]3ccc(C)cc3)CS[C@@H]12)c1nsc(N)n1. The van der Waals surface area contributed by atoms with Gasteiger partial charge in [0.1, 0.15) is 18.5 Å². The Balaban J connectivity index is 1.53. The van der Waals surface area contributed by atoms with Crippen LogP contribution in [0.15, 0.2) is 41.0 Å². The topological polar surface area (TPSA) is 167 Å². The van der Waals surface area contributed by atoms with Crippen LogP contribution >= 0.6 is 23.3 Å². The van der Waals surface area contributed by atoms with E-state index in [1.54, 1.807) is 0 Å². The molecule has 2 aromatic heterocycles. The number of nitrogens with one attached hydrogen (secondary N) is 1. The third kappa shape index (κ3) is 4.39. The van der Waals surface area contributed by atoms with Gasteiger partial charge in [0.25, 0.3) is 11.8 Å². The van der Waals surface area contributed by atoms with Crippen LogP contribution in [-0.2, 0) is 25.8 Å². The van der Waals surface area contributed by atoms with Crippen LogP contribution in [0.3, 0.4) is 0 Å². The van der Waals surface area contributed by atoms with E-state index in [-0.39, 0.29) is 22.4 Å². The van der Waals surface area contributed by atoms with Crippen molar-refractivity contribution in [2.24, 2.45) is 5.16 Å². The smallest absolute Gasteiger partial charge is 0.278 e. The number of anilines is 1. The number of carboxylic acids is 1. The van der Waals surface area contributed by atoms with E-state index in [9.17, 15) is 19.5 Å². The van der Waals surface area contributed by atoms with Gasteiger partial charge in [-0.1, -0.05) is 5.16 Å². The average molecular weight is 490 g/mol. The molecule has 33 heavy (non-hydrogen) atoms. The second-order valence-electron chi connectivity index (χ2n) is 7.23. The van der Waals surface area contributed by atoms with E-state index in [1.165, 1.54) is 18.9 Å². The Morgan fingerprint density at radius 1 is 1.42 bits per heavy atom. The minimum Gasteiger partial charge on any atom is -0.543 e. The minimum absolute atomic E-state index is 0.0375. The first-order valence-corrected chi connectivity index (χ1v) is 11.5. The van der Waals surface area contributed by atoms with Crippen molar-refractivity contribution in [1.82, 2.24) is 19.6 Å². The molecule has 2 aliphatic heterocycles. The van der Waals surface area contributed by atoms with Gasteiger partial charge in [-0.25, -0.2) is 4.57 Å². The number of pyridine rings is 1. The normalized spacial score (nSPS) is 20.2. The maximum Gasteiger partial charge on any atom is 0.278 e. The molecule has 12 nitrogen and oxygen atoms in total. The number of fused-ring (bicyclic) bond motifs is 1. The fraction of sp³-hybridized carbons (Fsp3) is 0.316. The van der Waals surface area contributed by atoms with Crippen LogP contribution in [0.4, 0.5) is 5.13 Å². The summed E-state index contributed by atoms with van der Waals surface area (Å²) in [4.78, 5) is 47.3. The van der Waals surface area contributed by atoms with Gasteiger partial charge < -0.3 is 25.8 Å². The molecule has 172 valence electrons. The number of aromatic nitrogens is 3. The summed E-state index contributed by atoms with van der Waals surface area (Å²) in [6.07, 6.45) is 3.67. The first-order chi connectivity index (χ1) is 15.8. The number of nitrogens with two attached hydrogens (primary N) is 1. The first-order valence-electron chi connectivity index (χ1n) is 9.65. The fourth-order valence-electron chi connectivity index (χ4n) is 3.47. The van der Waals surface area contributed by atoms with Gasteiger partial charge >= 0.3 is 0 Å². The zero-order valence-electron chi connectivity index (χ0n) is 17.5. The highest BCUT2D eigenvalue weighted by atomic mass is 32.2. The quantitative estimate of drug-likeness (QED) is 0.197. The van der Waals surface area contributed by atoms with Crippen molar-refractivity contribution < 1.29 is 28.9 Å². The molecule has 1 unspecified atom stereocenters. The number of aliphatic carboxylic acids is 1. The second kappa shape index (κ2) is 9.15. The molecule has 2 aliphatic rings. The van der Waals surface area contributed by atoms with E-state index in [0.29, 0.717) is 17.9 Å². The highest BCUT2D eigenvalue weighted by molar-refractivity contribution is 8.00. The van der Waals surface area contributed by atoms with Crippen LogP contribution in [0.1, 0.15) is 11.4 Å². The lowest BCUT2D eigenvalue weighted by Gasteiger charge is -2.50. The molecule has 0 radical (unpaired) electrons. The average Bonchev–Trinajstić information content (AvgIpc) is 3.22. The molecule has 0 bridgehead atoms. The summed E-state index contributed by atoms with van der Waals surface area (Å²) in [5.74, 6) is -2.43. The zero-order chi connectivity index (χ0) is 23.7. The van der Waals surface area contributed by atoms with Gasteiger partial charge in [-0.15, -0.1) is 11.8 Å². The van der Waals surface area contributed by atoms with Gasteiger partial charge in [0, 0.05) is 35.0 Å². The molecule has 2 aromatic rings. The van der Waals surface area contributed by atoms with E-state index in [4.69, 9.17) is 10.6 Å². The van der Waals surface area contributed by atoms with Crippen molar-refractivity contribution in [2.45, 2.75) is 24.9 Å². The van der Waals surface area contributed by atoms with Crippen LogP contribution in [0.5, 0.6) is 0 Å². The number of carbonyl (C=O) groups excluding carboxylic acids is 3. The summed E-state index contributed by atoms with van der Waals surface area (Å²) in [7, 11) is 1.25. The van der Waals surface area contributed by atoms with Crippen molar-refractivity contribution in [3.8, 4) is 0 Å². The van der Waals surface area contributed by atoms with Crippen LogP contribution in [0.25, 0.3) is 0 Å². The molecule has 4 heterocycles. The summed E-state index contributed by atoms with van der Waals surface area (Å²) >= 11 is 2.23. The van der Waals surface area contributed by atoms with Gasteiger partial charge in [0.05, 0.1) is 11.7 Å². The molecule has 0 aromatic carbocycles. The number of thioether (sulfide) groups is 1. The van der Waals surface area contributed by atoms with E-state index in [0.717, 1.165) is 22.0 Å². The highest BCUT2D eigenvalue weighted by Gasteiger charge is 2.53. The summed E-state index contributed by atoms with van der Waals surface area (Å²) in [5, 5.41) is 17.7. The minimum atomic E-state index is -1.44. The number of oxime groups is 1. The van der Waals surface area contributed by atoms with E-state index in [1.807, 2.05) is 36.0 Å². The molecule has 4 rings (SSSR count). The molecule has 14 heteroatoms. The summed E-state index contributed by atoms with van der Waals surface area (Å²) in [6, 6.07) is 2.86. The zero-order valence-corrected chi connectivity index (χ0v) is 19.2. The number of hydrogen-bond acceptors (Lipinski definition) is 11. The van der Waals surface area contributed by atoms with Crippen molar-refractivity contribution in [3.05, 3.63) is 47.2 Å². The van der Waals surface area contributed by atoms with E-state index in [2.05, 4.69) is 19.8 Å². The third-order valence-corrected chi connectivity index (χ3v) is 6.89. The van der Waals surface area contributed by atoms with Gasteiger partial charge in [-0.2, -0.15) is 9.36 Å². The number of amides is 2. The number of β-lactam (4-membered cyclic amide) rings is 1. The molecular weight excluding hydrogens is 470 g/mol. The highest BCUT2D eigenvalue weighted by Crippen LogP contribution is 2.40. The molecule has 0 aliphatic carbocycles. The van der Waals surface area contributed by atoms with E-state index >= 15 is 0 Å². The predicted octanol–water partition coefficient (Wildman–Crippen LogP) is -1.83. The molecule has 2 amide bonds. The molecule has 2 atom stereocenters. The maximum atomic E-state index is 12.9. The Kier molecular flexibility index (Phi) is 6.29. The standard InChI is InChI=1S/C19H19N7O5S2/c1-9-3-5-25(6-4-9)7-10-8-32-17-12(16(28)26(17)13(10)18(29)30)21-15(27)11(23-31-2)14-22-19(20)33-24-14/h3-6,12,17H,7-8H2,1-2H3,(H3-,20,21,22,24,27,29,30)/t12?,17-/m0/s1. The van der Waals surface area contributed by atoms with E-state index < -0.39 is 29.2 Å². The Bertz CT molecular complexity index is 1180. The number of nitrogen functional groups attached to an aromatic ring is 1. The Morgan fingerprint density at radius 2 is 2.15 bits per heavy atom. The molecular formula is C19H19N7O5S2. The van der Waals surface area contributed by atoms with Crippen LogP contribution in [0.2, 0.25) is 0 Å². The van der Waals surface area contributed by atoms with Crippen molar-refractivity contribution in [1.29, 1.82) is 0 Å².